The Morgan fingerprint density at radius 2 is 2.04 bits per heavy atom. The smallest absolute Gasteiger partial charge is 0.328 e. The molecule has 1 heterocycles. The summed E-state index contributed by atoms with van der Waals surface area (Å²) in [5, 5.41) is 3.42. The number of rotatable bonds is 5. The van der Waals surface area contributed by atoms with Crippen LogP contribution in [-0.4, -0.2) is 28.0 Å². The van der Waals surface area contributed by atoms with E-state index in [2.05, 4.69) is 10.3 Å². The van der Waals surface area contributed by atoms with Crippen LogP contribution in [0.1, 0.15) is 49.4 Å². The molecular formula is C19H26N4O3. The molecule has 0 bridgehead atoms. The minimum atomic E-state index is -0.468. The van der Waals surface area contributed by atoms with E-state index < -0.39 is 5.69 Å². The van der Waals surface area contributed by atoms with Gasteiger partial charge in [-0.05, 0) is 43.9 Å². The van der Waals surface area contributed by atoms with E-state index in [1.54, 1.807) is 25.1 Å². The van der Waals surface area contributed by atoms with Crippen molar-refractivity contribution in [3.8, 4) is 0 Å². The lowest BCUT2D eigenvalue weighted by Gasteiger charge is -2.30. The monoisotopic (exact) mass is 358 g/mol. The van der Waals surface area contributed by atoms with E-state index in [0.29, 0.717) is 35.5 Å². The Hall–Kier alpha value is -2.41. The van der Waals surface area contributed by atoms with E-state index in [1.807, 2.05) is 0 Å². The van der Waals surface area contributed by atoms with E-state index in [1.165, 1.54) is 19.3 Å². The van der Waals surface area contributed by atoms with Gasteiger partial charge in [0.05, 0.1) is 10.9 Å². The standard InChI is InChI=1S/C19H26N4O3/c1-2-23-18(25)14-9-8-13(10-15(14)22-19(23)26)17(24)21-16(11-20)12-6-4-3-5-7-12/h8-10,12,16H,2-7,11,20H2,1H3,(H,21,24)(H,22,26). The van der Waals surface area contributed by atoms with Gasteiger partial charge in [0.15, 0.2) is 0 Å². The van der Waals surface area contributed by atoms with Crippen molar-refractivity contribution in [3.05, 3.63) is 44.6 Å². The number of amides is 1. The maximum absolute atomic E-state index is 12.7. The van der Waals surface area contributed by atoms with Crippen molar-refractivity contribution in [1.82, 2.24) is 14.9 Å². The normalized spacial score (nSPS) is 16.5. The molecule has 140 valence electrons. The largest absolute Gasteiger partial charge is 0.348 e. The van der Waals surface area contributed by atoms with Gasteiger partial charge in [0.1, 0.15) is 0 Å². The molecule has 0 aliphatic heterocycles. The third-order valence-corrected chi connectivity index (χ3v) is 5.35. The third-order valence-electron chi connectivity index (χ3n) is 5.35. The Morgan fingerprint density at radius 1 is 1.31 bits per heavy atom. The van der Waals surface area contributed by atoms with Gasteiger partial charge < -0.3 is 16.0 Å². The number of nitrogens with two attached hydrogens (primary N) is 1. The molecule has 0 radical (unpaired) electrons. The average molecular weight is 358 g/mol. The summed E-state index contributed by atoms with van der Waals surface area (Å²) in [5.41, 5.74) is 5.86. The Kier molecular flexibility index (Phi) is 5.56. The van der Waals surface area contributed by atoms with Crippen molar-refractivity contribution in [2.24, 2.45) is 11.7 Å². The van der Waals surface area contributed by atoms with E-state index >= 15 is 0 Å². The van der Waals surface area contributed by atoms with Crippen molar-refractivity contribution in [2.75, 3.05) is 6.54 Å². The molecule has 1 fully saturated rings. The van der Waals surface area contributed by atoms with Gasteiger partial charge in [0.2, 0.25) is 0 Å². The van der Waals surface area contributed by atoms with Gasteiger partial charge in [-0.1, -0.05) is 19.3 Å². The molecule has 0 spiro atoms. The first-order valence-corrected chi connectivity index (χ1v) is 9.33. The molecule has 26 heavy (non-hydrogen) atoms. The molecule has 7 heteroatoms. The molecule has 1 aliphatic rings. The number of aromatic nitrogens is 2. The summed E-state index contributed by atoms with van der Waals surface area (Å²) >= 11 is 0. The maximum Gasteiger partial charge on any atom is 0.328 e. The second-order valence-electron chi connectivity index (χ2n) is 6.95. The number of nitrogens with one attached hydrogen (secondary N) is 2. The predicted molar refractivity (Wildman–Crippen MR) is 101 cm³/mol. The lowest BCUT2D eigenvalue weighted by molar-refractivity contribution is 0.0915. The minimum Gasteiger partial charge on any atom is -0.348 e. The molecule has 1 unspecified atom stereocenters. The van der Waals surface area contributed by atoms with Crippen LogP contribution in [0.2, 0.25) is 0 Å². The molecule has 1 saturated carbocycles. The zero-order chi connectivity index (χ0) is 18.7. The number of H-pyrrole nitrogens is 1. The molecule has 7 nitrogen and oxygen atoms in total. The van der Waals surface area contributed by atoms with E-state index in [-0.39, 0.29) is 17.5 Å². The van der Waals surface area contributed by atoms with Crippen LogP contribution in [0, 0.1) is 5.92 Å². The highest BCUT2D eigenvalue weighted by molar-refractivity contribution is 5.97. The maximum atomic E-state index is 12.7. The van der Waals surface area contributed by atoms with Crippen LogP contribution in [0.15, 0.2) is 27.8 Å². The molecule has 2 aromatic rings. The van der Waals surface area contributed by atoms with Crippen LogP contribution < -0.4 is 22.3 Å². The quantitative estimate of drug-likeness (QED) is 0.749. The fraction of sp³-hybridized carbons (Fsp3) is 0.526. The number of fused-ring (bicyclic) bond motifs is 1. The highest BCUT2D eigenvalue weighted by atomic mass is 16.2. The summed E-state index contributed by atoms with van der Waals surface area (Å²) in [5.74, 6) is 0.183. The lowest BCUT2D eigenvalue weighted by Crippen LogP contribution is -2.45. The third kappa shape index (κ3) is 3.58. The first-order chi connectivity index (χ1) is 12.5. The fourth-order valence-corrected chi connectivity index (χ4v) is 3.84. The predicted octanol–water partition coefficient (Wildman–Crippen LogP) is 1.35. The summed E-state index contributed by atoms with van der Waals surface area (Å²) in [6.45, 7) is 2.44. The van der Waals surface area contributed by atoms with Gasteiger partial charge >= 0.3 is 5.69 Å². The number of aromatic amines is 1. The van der Waals surface area contributed by atoms with Gasteiger partial charge in [-0.15, -0.1) is 0 Å². The van der Waals surface area contributed by atoms with Crippen molar-refractivity contribution in [3.63, 3.8) is 0 Å². The van der Waals surface area contributed by atoms with Crippen molar-refractivity contribution in [2.45, 2.75) is 51.6 Å². The van der Waals surface area contributed by atoms with E-state index in [9.17, 15) is 14.4 Å². The number of benzene rings is 1. The van der Waals surface area contributed by atoms with Crippen LogP contribution >= 0.6 is 0 Å². The van der Waals surface area contributed by atoms with Crippen LogP contribution in [0.3, 0.4) is 0 Å². The van der Waals surface area contributed by atoms with E-state index in [4.69, 9.17) is 5.73 Å². The van der Waals surface area contributed by atoms with Gasteiger partial charge in [0.25, 0.3) is 11.5 Å². The van der Waals surface area contributed by atoms with Gasteiger partial charge in [-0.2, -0.15) is 0 Å². The number of hydrogen-bond acceptors (Lipinski definition) is 4. The second-order valence-corrected chi connectivity index (χ2v) is 6.95. The average Bonchev–Trinajstić information content (AvgIpc) is 2.66. The zero-order valence-corrected chi connectivity index (χ0v) is 15.1. The Bertz CT molecular complexity index is 909. The molecule has 1 atom stereocenters. The summed E-state index contributed by atoms with van der Waals surface area (Å²) in [7, 11) is 0. The van der Waals surface area contributed by atoms with Crippen LogP contribution in [0.5, 0.6) is 0 Å². The molecule has 3 rings (SSSR count). The lowest BCUT2D eigenvalue weighted by atomic mass is 9.84. The number of carbonyl (C=O) groups is 1. The Morgan fingerprint density at radius 3 is 2.69 bits per heavy atom. The van der Waals surface area contributed by atoms with E-state index in [0.717, 1.165) is 17.4 Å². The van der Waals surface area contributed by atoms with Gasteiger partial charge in [-0.3, -0.25) is 14.2 Å². The molecule has 1 aliphatic carbocycles. The Balaban J connectivity index is 1.86. The SMILES string of the molecule is CCn1c(=O)[nH]c2cc(C(=O)NC(CN)C3CCCCC3)ccc2c1=O. The highest BCUT2D eigenvalue weighted by Crippen LogP contribution is 2.26. The second kappa shape index (κ2) is 7.86. The fourth-order valence-electron chi connectivity index (χ4n) is 3.84. The molecular weight excluding hydrogens is 332 g/mol. The Labute approximate surface area is 151 Å². The first kappa shape index (κ1) is 18.4. The first-order valence-electron chi connectivity index (χ1n) is 9.33. The summed E-state index contributed by atoms with van der Waals surface area (Å²) in [6, 6.07) is 4.71. The van der Waals surface area contributed by atoms with Gasteiger partial charge in [-0.25, -0.2) is 4.79 Å². The summed E-state index contributed by atoms with van der Waals surface area (Å²) < 4.78 is 1.13. The van der Waals surface area contributed by atoms with Crippen LogP contribution in [0.4, 0.5) is 0 Å². The van der Waals surface area contributed by atoms with Gasteiger partial charge in [0, 0.05) is 24.7 Å². The number of nitrogens with zero attached hydrogens (tertiary/aromatic N) is 1. The molecule has 1 aromatic heterocycles. The summed E-state index contributed by atoms with van der Waals surface area (Å²) in [6.07, 6.45) is 5.78. The molecule has 0 saturated heterocycles. The minimum absolute atomic E-state index is 0.0503. The van der Waals surface area contributed by atoms with Crippen molar-refractivity contribution in [1.29, 1.82) is 0 Å². The van der Waals surface area contributed by atoms with Crippen molar-refractivity contribution < 1.29 is 4.79 Å². The zero-order valence-electron chi connectivity index (χ0n) is 15.1. The topological polar surface area (TPSA) is 110 Å². The molecule has 1 amide bonds. The molecule has 4 N–H and O–H groups in total. The van der Waals surface area contributed by atoms with Crippen molar-refractivity contribution >= 4 is 16.8 Å². The molecule has 1 aromatic carbocycles. The number of hydrogen-bond donors (Lipinski definition) is 3. The number of carbonyl (C=O) groups excluding carboxylic acids is 1. The van der Waals surface area contributed by atoms with Crippen LogP contribution in [0.25, 0.3) is 10.9 Å². The summed E-state index contributed by atoms with van der Waals surface area (Å²) in [4.78, 5) is 39.6. The van der Waals surface area contributed by atoms with Crippen LogP contribution in [-0.2, 0) is 6.54 Å². The highest BCUT2D eigenvalue weighted by Gasteiger charge is 2.24.